The Morgan fingerprint density at radius 3 is 2.69 bits per heavy atom. The Hall–Kier alpha value is -2.60. The van der Waals surface area contributed by atoms with E-state index in [2.05, 4.69) is 20.6 Å². The molecule has 0 bridgehead atoms. The highest BCUT2D eigenvalue weighted by molar-refractivity contribution is 5.79. The predicted octanol–water partition coefficient (Wildman–Crippen LogP) is 2.45. The van der Waals surface area contributed by atoms with Gasteiger partial charge in [0.05, 0.1) is 19.2 Å². The lowest BCUT2D eigenvalue weighted by atomic mass is 10.1. The van der Waals surface area contributed by atoms with Crippen molar-refractivity contribution >= 4 is 5.96 Å². The number of hydrogen-bond acceptors (Lipinski definition) is 4. The Morgan fingerprint density at radius 1 is 1.23 bits per heavy atom. The molecule has 0 aliphatic rings. The molecule has 0 amide bonds. The van der Waals surface area contributed by atoms with E-state index in [1.807, 2.05) is 45.0 Å². The smallest absolute Gasteiger partial charge is 0.191 e. The molecule has 6 heteroatoms. The Kier molecular flexibility index (Phi) is 7.89. The van der Waals surface area contributed by atoms with E-state index in [4.69, 9.17) is 4.74 Å². The van der Waals surface area contributed by atoms with Crippen molar-refractivity contribution in [2.75, 3.05) is 19.6 Å². The Labute approximate surface area is 155 Å². The molecule has 2 aromatic rings. The highest BCUT2D eigenvalue weighted by Crippen LogP contribution is 2.14. The highest BCUT2D eigenvalue weighted by atomic mass is 16.5. The van der Waals surface area contributed by atoms with Crippen molar-refractivity contribution < 1.29 is 9.84 Å². The molecule has 2 rings (SSSR count). The minimum atomic E-state index is -0.658. The van der Waals surface area contributed by atoms with Gasteiger partial charge in [0.2, 0.25) is 0 Å². The summed E-state index contributed by atoms with van der Waals surface area (Å²) in [6.45, 7) is 7.66. The maximum Gasteiger partial charge on any atom is 0.191 e. The maximum absolute atomic E-state index is 10.2. The van der Waals surface area contributed by atoms with Crippen LogP contribution in [0.4, 0.5) is 0 Å². The van der Waals surface area contributed by atoms with E-state index < -0.39 is 6.10 Å². The van der Waals surface area contributed by atoms with E-state index in [1.54, 1.807) is 24.5 Å². The van der Waals surface area contributed by atoms with E-state index in [9.17, 15) is 5.11 Å². The normalized spacial score (nSPS) is 13.8. The number of nitrogens with zero attached hydrogens (tertiary/aromatic N) is 2. The third-order valence-corrected chi connectivity index (χ3v) is 3.74. The third-order valence-electron chi connectivity index (χ3n) is 3.74. The van der Waals surface area contributed by atoms with Crippen LogP contribution in [0.25, 0.3) is 0 Å². The average molecular weight is 356 g/mol. The van der Waals surface area contributed by atoms with E-state index >= 15 is 0 Å². The first-order valence-electron chi connectivity index (χ1n) is 8.92. The molecule has 1 aromatic carbocycles. The highest BCUT2D eigenvalue weighted by Gasteiger charge is 2.09. The molecule has 6 nitrogen and oxygen atoms in total. The van der Waals surface area contributed by atoms with Crippen LogP contribution in [0.5, 0.6) is 5.75 Å². The standard InChI is InChI=1S/C20H28N4O2/c1-4-22-20(24-14-19(25)17-8-10-21-11-9-17)23-13-16(3)26-18-7-5-6-15(2)12-18/h5-12,16,19,25H,4,13-14H2,1-3H3,(H2,22,23,24). The summed E-state index contributed by atoms with van der Waals surface area (Å²) >= 11 is 0. The van der Waals surface area contributed by atoms with E-state index in [0.29, 0.717) is 12.5 Å². The van der Waals surface area contributed by atoms with Gasteiger partial charge in [0.15, 0.2) is 5.96 Å². The lowest BCUT2D eigenvalue weighted by Crippen LogP contribution is -2.42. The van der Waals surface area contributed by atoms with Gasteiger partial charge in [-0.05, 0) is 56.2 Å². The molecule has 2 atom stereocenters. The quantitative estimate of drug-likeness (QED) is 0.500. The molecule has 140 valence electrons. The summed E-state index contributed by atoms with van der Waals surface area (Å²) in [5.74, 6) is 1.51. The number of ether oxygens (including phenoxy) is 1. The Morgan fingerprint density at radius 2 is 2.00 bits per heavy atom. The predicted molar refractivity (Wildman–Crippen MR) is 104 cm³/mol. The fourth-order valence-electron chi connectivity index (χ4n) is 2.41. The van der Waals surface area contributed by atoms with Crippen LogP contribution in [0.1, 0.15) is 31.1 Å². The second-order valence-corrected chi connectivity index (χ2v) is 6.14. The zero-order valence-electron chi connectivity index (χ0n) is 15.6. The summed E-state index contributed by atoms with van der Waals surface area (Å²) in [5.41, 5.74) is 1.97. The molecule has 0 radical (unpaired) electrons. The molecular weight excluding hydrogens is 328 g/mol. The minimum Gasteiger partial charge on any atom is -0.489 e. The van der Waals surface area contributed by atoms with E-state index in [-0.39, 0.29) is 12.6 Å². The number of benzene rings is 1. The summed E-state index contributed by atoms with van der Waals surface area (Å²) in [6, 6.07) is 11.6. The molecule has 0 saturated carbocycles. The number of hydrogen-bond donors (Lipinski definition) is 3. The number of pyridine rings is 1. The Balaban J connectivity index is 1.86. The topological polar surface area (TPSA) is 78.8 Å². The average Bonchev–Trinajstić information content (AvgIpc) is 2.64. The van der Waals surface area contributed by atoms with Crippen LogP contribution in [0.15, 0.2) is 53.8 Å². The lowest BCUT2D eigenvalue weighted by molar-refractivity contribution is 0.187. The van der Waals surface area contributed by atoms with Crippen molar-refractivity contribution in [1.82, 2.24) is 15.6 Å². The minimum absolute atomic E-state index is 0.0224. The molecule has 0 spiro atoms. The van der Waals surface area contributed by atoms with Crippen molar-refractivity contribution in [2.45, 2.75) is 33.0 Å². The number of aryl methyl sites for hydroxylation is 1. The van der Waals surface area contributed by atoms with Gasteiger partial charge in [-0.1, -0.05) is 12.1 Å². The van der Waals surface area contributed by atoms with E-state index in [1.165, 1.54) is 5.56 Å². The summed E-state index contributed by atoms with van der Waals surface area (Å²) in [5, 5.41) is 16.7. The van der Waals surface area contributed by atoms with Crippen LogP contribution >= 0.6 is 0 Å². The van der Waals surface area contributed by atoms with Gasteiger partial charge < -0.3 is 20.5 Å². The summed E-state index contributed by atoms with van der Waals surface area (Å²) < 4.78 is 5.92. The number of aliphatic hydroxyl groups excluding tert-OH is 1. The number of aromatic nitrogens is 1. The second kappa shape index (κ2) is 10.4. The first-order chi connectivity index (χ1) is 12.6. The second-order valence-electron chi connectivity index (χ2n) is 6.14. The van der Waals surface area contributed by atoms with Gasteiger partial charge in [-0.25, -0.2) is 0 Å². The number of guanidine groups is 1. The van der Waals surface area contributed by atoms with Crippen molar-refractivity contribution in [2.24, 2.45) is 4.99 Å². The van der Waals surface area contributed by atoms with Crippen LogP contribution in [-0.2, 0) is 0 Å². The number of rotatable bonds is 8. The molecule has 1 heterocycles. The zero-order valence-corrected chi connectivity index (χ0v) is 15.6. The summed E-state index contributed by atoms with van der Waals surface area (Å²) in [7, 11) is 0. The molecular formula is C20H28N4O2. The van der Waals surface area contributed by atoms with Gasteiger partial charge in [0, 0.05) is 18.9 Å². The van der Waals surface area contributed by atoms with Crippen molar-refractivity contribution in [3.05, 3.63) is 59.9 Å². The van der Waals surface area contributed by atoms with Crippen LogP contribution in [0, 0.1) is 6.92 Å². The van der Waals surface area contributed by atoms with Crippen molar-refractivity contribution in [1.29, 1.82) is 0 Å². The summed E-state index contributed by atoms with van der Waals surface area (Å²) in [6.07, 6.45) is 2.65. The van der Waals surface area contributed by atoms with Crippen LogP contribution in [0.3, 0.4) is 0 Å². The fourth-order valence-corrected chi connectivity index (χ4v) is 2.41. The first-order valence-corrected chi connectivity index (χ1v) is 8.92. The molecule has 0 aliphatic heterocycles. The van der Waals surface area contributed by atoms with Gasteiger partial charge in [-0.15, -0.1) is 0 Å². The van der Waals surface area contributed by atoms with Gasteiger partial charge in [-0.2, -0.15) is 0 Å². The number of aliphatic hydroxyl groups is 1. The fraction of sp³-hybridized carbons (Fsp3) is 0.400. The lowest BCUT2D eigenvalue weighted by Gasteiger charge is -2.18. The van der Waals surface area contributed by atoms with Crippen molar-refractivity contribution in [3.8, 4) is 5.75 Å². The zero-order chi connectivity index (χ0) is 18.8. The van der Waals surface area contributed by atoms with Gasteiger partial charge >= 0.3 is 0 Å². The molecule has 1 aromatic heterocycles. The third kappa shape index (κ3) is 6.72. The summed E-state index contributed by atoms with van der Waals surface area (Å²) in [4.78, 5) is 8.41. The van der Waals surface area contributed by atoms with Gasteiger partial charge in [0.1, 0.15) is 11.9 Å². The number of nitrogens with one attached hydrogen (secondary N) is 2. The first kappa shape index (κ1) is 19.7. The molecule has 0 aliphatic carbocycles. The molecule has 26 heavy (non-hydrogen) atoms. The molecule has 0 fully saturated rings. The SMILES string of the molecule is CCNC(=NCC(O)c1ccncc1)NCC(C)Oc1cccc(C)c1. The largest absolute Gasteiger partial charge is 0.489 e. The Bertz CT molecular complexity index is 691. The van der Waals surface area contributed by atoms with Crippen LogP contribution in [0.2, 0.25) is 0 Å². The van der Waals surface area contributed by atoms with E-state index in [0.717, 1.165) is 17.9 Å². The number of aliphatic imine (C=N–C) groups is 1. The molecule has 0 saturated heterocycles. The van der Waals surface area contributed by atoms with Gasteiger partial charge in [0.25, 0.3) is 0 Å². The van der Waals surface area contributed by atoms with Crippen LogP contribution < -0.4 is 15.4 Å². The maximum atomic E-state index is 10.2. The molecule has 3 N–H and O–H groups in total. The van der Waals surface area contributed by atoms with Crippen molar-refractivity contribution in [3.63, 3.8) is 0 Å². The van der Waals surface area contributed by atoms with Crippen LogP contribution in [-0.4, -0.2) is 41.8 Å². The monoisotopic (exact) mass is 356 g/mol. The molecule has 2 unspecified atom stereocenters. The van der Waals surface area contributed by atoms with Gasteiger partial charge in [-0.3, -0.25) is 9.98 Å².